The number of hydrogen-bond acceptors (Lipinski definition) is 4. The van der Waals surface area contributed by atoms with Crippen molar-refractivity contribution in [3.63, 3.8) is 0 Å². The number of esters is 1. The number of likely N-dealkylation sites (tertiary alicyclic amines) is 1. The summed E-state index contributed by atoms with van der Waals surface area (Å²) in [7, 11) is 3.39. The topological polar surface area (TPSA) is 49.9 Å². The van der Waals surface area contributed by atoms with Gasteiger partial charge in [0.15, 0.2) is 0 Å². The smallest absolute Gasteiger partial charge is 0.328 e. The van der Waals surface area contributed by atoms with Crippen LogP contribution in [0.2, 0.25) is 0 Å². The fourth-order valence-electron chi connectivity index (χ4n) is 4.24. The number of benzene rings is 2. The lowest BCUT2D eigenvalue weighted by molar-refractivity contribution is -0.156. The molecule has 1 heterocycles. The molecule has 162 valence electrons. The molecule has 0 aromatic heterocycles. The lowest BCUT2D eigenvalue weighted by Crippen LogP contribution is -2.55. The molecule has 0 saturated carbocycles. The number of methoxy groups -OCH3 is 1. The Bertz CT molecular complexity index is 894. The Morgan fingerprint density at radius 2 is 1.68 bits per heavy atom. The van der Waals surface area contributed by atoms with E-state index in [4.69, 9.17) is 4.74 Å². The molecule has 1 fully saturated rings. The first kappa shape index (κ1) is 22.6. The second-order valence-electron chi connectivity index (χ2n) is 7.85. The fourth-order valence-corrected chi connectivity index (χ4v) is 4.24. The number of rotatable bonds is 6. The van der Waals surface area contributed by atoms with E-state index >= 15 is 0 Å². The van der Waals surface area contributed by atoms with Crippen LogP contribution in [-0.4, -0.2) is 61.0 Å². The molecule has 3 rings (SSSR count). The van der Waals surface area contributed by atoms with Crippen LogP contribution in [0.5, 0.6) is 0 Å². The maximum atomic E-state index is 13.9. The van der Waals surface area contributed by atoms with E-state index in [9.17, 15) is 9.59 Å². The normalized spacial score (nSPS) is 18.4. The van der Waals surface area contributed by atoms with E-state index in [1.807, 2.05) is 74.6 Å². The van der Waals surface area contributed by atoms with Gasteiger partial charge in [-0.1, -0.05) is 66.6 Å². The summed E-state index contributed by atoms with van der Waals surface area (Å²) in [4.78, 5) is 30.4. The van der Waals surface area contributed by atoms with Crippen molar-refractivity contribution in [2.45, 2.75) is 37.8 Å². The number of carbonyl (C=O) groups is 2. The van der Waals surface area contributed by atoms with Gasteiger partial charge in [0.25, 0.3) is 0 Å². The minimum Gasteiger partial charge on any atom is -0.467 e. The number of nitrogens with zero attached hydrogens (tertiary/aromatic N) is 2. The van der Waals surface area contributed by atoms with Gasteiger partial charge < -0.3 is 9.64 Å². The second-order valence-corrected chi connectivity index (χ2v) is 7.85. The van der Waals surface area contributed by atoms with Gasteiger partial charge >= 0.3 is 5.97 Å². The Hall–Kier alpha value is -3.10. The van der Waals surface area contributed by atoms with E-state index in [2.05, 4.69) is 16.7 Å². The first-order valence-corrected chi connectivity index (χ1v) is 10.6. The molecule has 31 heavy (non-hydrogen) atoms. The first-order chi connectivity index (χ1) is 15.1. The highest BCUT2D eigenvalue weighted by Crippen LogP contribution is 2.31. The third kappa shape index (κ3) is 5.34. The van der Waals surface area contributed by atoms with E-state index in [1.165, 1.54) is 7.11 Å². The number of carbonyl (C=O) groups excluding carboxylic acids is 2. The zero-order valence-corrected chi connectivity index (χ0v) is 18.5. The third-order valence-electron chi connectivity index (χ3n) is 5.97. The van der Waals surface area contributed by atoms with Gasteiger partial charge in [-0.3, -0.25) is 9.69 Å². The van der Waals surface area contributed by atoms with Crippen molar-refractivity contribution in [3.05, 3.63) is 71.8 Å². The molecular formula is C26H30N2O3. The quantitative estimate of drug-likeness (QED) is 0.534. The van der Waals surface area contributed by atoms with Gasteiger partial charge in [0.2, 0.25) is 5.91 Å². The molecule has 1 amide bonds. The van der Waals surface area contributed by atoms with Gasteiger partial charge in [-0.2, -0.15) is 0 Å². The van der Waals surface area contributed by atoms with Gasteiger partial charge in [-0.25, -0.2) is 4.79 Å². The Morgan fingerprint density at radius 3 is 2.19 bits per heavy atom. The fraction of sp³-hybridized carbons (Fsp3) is 0.385. The molecule has 1 aliphatic heterocycles. The molecule has 2 aromatic rings. The highest BCUT2D eigenvalue weighted by Gasteiger charge is 2.40. The van der Waals surface area contributed by atoms with E-state index in [0.717, 1.165) is 17.5 Å². The zero-order valence-electron chi connectivity index (χ0n) is 18.5. The van der Waals surface area contributed by atoms with Crippen molar-refractivity contribution in [3.8, 4) is 11.8 Å². The van der Waals surface area contributed by atoms with E-state index in [0.29, 0.717) is 19.5 Å². The van der Waals surface area contributed by atoms with Crippen molar-refractivity contribution >= 4 is 11.9 Å². The van der Waals surface area contributed by atoms with Crippen LogP contribution in [0.4, 0.5) is 0 Å². The molecule has 2 atom stereocenters. The summed E-state index contributed by atoms with van der Waals surface area (Å²) in [6, 6.07) is 19.0. The standard InChI is InChI=1S/C26H30N2O3/c1-4-5-17-27(2)22-16-18-28(23(19-22)26(30)31-3)25(29)24(20-12-8-6-9-13-20)21-14-10-7-11-15-21/h6-15,22-24H,16-19H2,1-3H3/t22-,23+/m1/s1. The number of ether oxygens (including phenoxy) is 1. The SMILES string of the molecule is CC#CCN(C)[C@@H]1CCN(C(=O)C(c2ccccc2)c2ccccc2)[C@H](C(=O)OC)C1. The Morgan fingerprint density at radius 1 is 1.10 bits per heavy atom. The molecule has 5 nitrogen and oxygen atoms in total. The lowest BCUT2D eigenvalue weighted by Gasteiger charge is -2.42. The zero-order chi connectivity index (χ0) is 22.2. The van der Waals surface area contributed by atoms with Crippen LogP contribution in [0.3, 0.4) is 0 Å². The third-order valence-corrected chi connectivity index (χ3v) is 5.97. The van der Waals surface area contributed by atoms with Crippen LogP contribution >= 0.6 is 0 Å². The highest BCUT2D eigenvalue weighted by atomic mass is 16.5. The molecule has 0 bridgehead atoms. The number of amides is 1. The van der Waals surface area contributed by atoms with Crippen LogP contribution in [0.25, 0.3) is 0 Å². The minimum absolute atomic E-state index is 0.0674. The van der Waals surface area contributed by atoms with Crippen LogP contribution < -0.4 is 0 Å². The Kier molecular flexibility index (Phi) is 7.86. The second kappa shape index (κ2) is 10.8. The van der Waals surface area contributed by atoms with E-state index in [1.54, 1.807) is 4.90 Å². The van der Waals surface area contributed by atoms with Crippen LogP contribution in [0.15, 0.2) is 60.7 Å². The van der Waals surface area contributed by atoms with Crippen molar-refractivity contribution in [1.82, 2.24) is 9.80 Å². The van der Waals surface area contributed by atoms with Crippen molar-refractivity contribution in [2.75, 3.05) is 27.2 Å². The minimum atomic E-state index is -0.608. The molecule has 1 aliphatic rings. The molecule has 0 N–H and O–H groups in total. The van der Waals surface area contributed by atoms with Gasteiger partial charge in [-0.15, -0.1) is 5.92 Å². The summed E-state index contributed by atoms with van der Waals surface area (Å²) < 4.78 is 5.09. The van der Waals surface area contributed by atoms with Crippen molar-refractivity contribution in [1.29, 1.82) is 0 Å². The predicted octanol–water partition coefficient (Wildman–Crippen LogP) is 3.31. The summed E-state index contributed by atoms with van der Waals surface area (Å²) in [5.41, 5.74) is 1.83. The first-order valence-electron chi connectivity index (χ1n) is 10.6. The number of hydrogen-bond donors (Lipinski definition) is 0. The summed E-state index contributed by atoms with van der Waals surface area (Å²) in [5, 5.41) is 0. The van der Waals surface area contributed by atoms with Gasteiger partial charge in [-0.05, 0) is 37.9 Å². The molecular weight excluding hydrogens is 388 g/mol. The maximum Gasteiger partial charge on any atom is 0.328 e. The van der Waals surface area contributed by atoms with Crippen molar-refractivity contribution in [2.24, 2.45) is 0 Å². The summed E-state index contributed by atoms with van der Waals surface area (Å²) in [6.07, 6.45) is 1.33. The monoisotopic (exact) mass is 418 g/mol. The molecule has 0 unspecified atom stereocenters. The summed E-state index contributed by atoms with van der Waals surface area (Å²) >= 11 is 0. The highest BCUT2D eigenvalue weighted by molar-refractivity contribution is 5.91. The largest absolute Gasteiger partial charge is 0.467 e. The van der Waals surface area contributed by atoms with Gasteiger partial charge in [0, 0.05) is 12.6 Å². The van der Waals surface area contributed by atoms with E-state index < -0.39 is 12.0 Å². The maximum absolute atomic E-state index is 13.9. The lowest BCUT2D eigenvalue weighted by atomic mass is 9.87. The van der Waals surface area contributed by atoms with E-state index in [-0.39, 0.29) is 17.9 Å². The average molecular weight is 419 g/mol. The molecule has 5 heteroatoms. The molecule has 0 aliphatic carbocycles. The molecule has 2 aromatic carbocycles. The molecule has 0 radical (unpaired) electrons. The van der Waals surface area contributed by atoms with Crippen LogP contribution in [0.1, 0.15) is 36.8 Å². The van der Waals surface area contributed by atoms with Gasteiger partial charge in [0.1, 0.15) is 6.04 Å². The average Bonchev–Trinajstić information content (AvgIpc) is 2.83. The van der Waals surface area contributed by atoms with Gasteiger partial charge in [0.05, 0.1) is 19.6 Å². The Labute approximate surface area is 185 Å². The number of piperidine rings is 1. The van der Waals surface area contributed by atoms with Crippen LogP contribution in [-0.2, 0) is 14.3 Å². The van der Waals surface area contributed by atoms with Crippen molar-refractivity contribution < 1.29 is 14.3 Å². The molecule has 0 spiro atoms. The van der Waals surface area contributed by atoms with Crippen LogP contribution in [0, 0.1) is 11.8 Å². The Balaban J connectivity index is 1.91. The summed E-state index contributed by atoms with van der Waals surface area (Å²) in [6.45, 7) is 2.96. The molecule has 1 saturated heterocycles. The predicted molar refractivity (Wildman–Crippen MR) is 121 cm³/mol. The summed E-state index contributed by atoms with van der Waals surface area (Å²) in [5.74, 6) is 5.09.